The van der Waals surface area contributed by atoms with Gasteiger partial charge < -0.3 is 0 Å². The standard InChI is InChI=1S/C21H15F3/c1-12-2-6-17-14(8-12)3-4-15-9-13(5-7-18(15)17)16-10-19(22)21(24)20(23)11-16/h2,5-11H,3-4H2,1H3. The zero-order valence-corrected chi connectivity index (χ0v) is 13.2. The first-order valence-corrected chi connectivity index (χ1v) is 7.90. The van der Waals surface area contributed by atoms with E-state index in [2.05, 4.69) is 25.1 Å². The van der Waals surface area contributed by atoms with Gasteiger partial charge >= 0.3 is 0 Å². The Bertz CT molecular complexity index is 934. The molecule has 24 heavy (non-hydrogen) atoms. The fraction of sp³-hybridized carbons (Fsp3) is 0.143. The van der Waals surface area contributed by atoms with Crippen LogP contribution in [0.15, 0.2) is 48.5 Å². The van der Waals surface area contributed by atoms with E-state index < -0.39 is 17.5 Å². The van der Waals surface area contributed by atoms with Crippen LogP contribution in [-0.2, 0) is 12.8 Å². The van der Waals surface area contributed by atoms with E-state index in [4.69, 9.17) is 0 Å². The molecule has 0 radical (unpaired) electrons. The van der Waals surface area contributed by atoms with Crippen LogP contribution >= 0.6 is 0 Å². The fourth-order valence-electron chi connectivity index (χ4n) is 3.43. The van der Waals surface area contributed by atoms with E-state index in [9.17, 15) is 13.2 Å². The highest BCUT2D eigenvalue weighted by atomic mass is 19.2. The van der Waals surface area contributed by atoms with Gasteiger partial charge in [0.2, 0.25) is 0 Å². The van der Waals surface area contributed by atoms with Crippen molar-refractivity contribution in [1.82, 2.24) is 0 Å². The lowest BCUT2D eigenvalue weighted by Crippen LogP contribution is -2.04. The molecule has 3 aromatic rings. The molecule has 0 aromatic heterocycles. The van der Waals surface area contributed by atoms with Gasteiger partial charge in [-0.05, 0) is 65.3 Å². The van der Waals surface area contributed by atoms with Gasteiger partial charge in [-0.3, -0.25) is 0 Å². The van der Waals surface area contributed by atoms with Crippen molar-refractivity contribution < 1.29 is 13.2 Å². The van der Waals surface area contributed by atoms with E-state index in [1.54, 1.807) is 0 Å². The average Bonchev–Trinajstić information content (AvgIpc) is 2.58. The Morgan fingerprint density at radius 2 is 1.25 bits per heavy atom. The van der Waals surface area contributed by atoms with Crippen molar-refractivity contribution in [1.29, 1.82) is 0 Å². The van der Waals surface area contributed by atoms with Gasteiger partial charge in [0.15, 0.2) is 17.5 Å². The SMILES string of the molecule is Cc1ccc2c(c1)CCc1cc(-c3cc(F)c(F)c(F)c3)ccc1-2. The molecule has 0 amide bonds. The Hall–Kier alpha value is -2.55. The van der Waals surface area contributed by atoms with Crippen LogP contribution in [0.2, 0.25) is 0 Å². The molecule has 120 valence electrons. The highest BCUT2D eigenvalue weighted by molar-refractivity contribution is 5.77. The first kappa shape index (κ1) is 15.0. The molecule has 4 rings (SSSR count). The Morgan fingerprint density at radius 3 is 1.92 bits per heavy atom. The van der Waals surface area contributed by atoms with Crippen molar-refractivity contribution in [3.8, 4) is 22.3 Å². The maximum absolute atomic E-state index is 13.5. The van der Waals surface area contributed by atoms with Gasteiger partial charge in [-0.15, -0.1) is 0 Å². The number of rotatable bonds is 1. The Kier molecular flexibility index (Phi) is 3.45. The smallest absolute Gasteiger partial charge is 0.194 e. The number of hydrogen-bond donors (Lipinski definition) is 0. The molecule has 1 aliphatic carbocycles. The lowest BCUT2D eigenvalue weighted by Gasteiger charge is -2.21. The summed E-state index contributed by atoms with van der Waals surface area (Å²) in [6.45, 7) is 2.08. The predicted octanol–water partition coefficient (Wildman–Crippen LogP) is 5.84. The molecule has 0 unspecified atom stereocenters. The minimum absolute atomic E-state index is 0.351. The molecular formula is C21H15F3. The van der Waals surface area contributed by atoms with Crippen LogP contribution in [0.25, 0.3) is 22.3 Å². The highest BCUT2D eigenvalue weighted by Gasteiger charge is 2.18. The number of aryl methyl sites for hydroxylation is 3. The topological polar surface area (TPSA) is 0 Å². The number of fused-ring (bicyclic) bond motifs is 3. The summed E-state index contributed by atoms with van der Waals surface area (Å²) >= 11 is 0. The van der Waals surface area contributed by atoms with Crippen LogP contribution in [0.4, 0.5) is 13.2 Å². The molecule has 0 saturated carbocycles. The molecule has 0 spiro atoms. The van der Waals surface area contributed by atoms with Crippen molar-refractivity contribution in [2.45, 2.75) is 19.8 Å². The van der Waals surface area contributed by atoms with E-state index in [1.165, 1.54) is 16.7 Å². The first-order valence-electron chi connectivity index (χ1n) is 7.90. The third-order valence-electron chi connectivity index (χ3n) is 4.64. The zero-order valence-electron chi connectivity index (χ0n) is 13.2. The van der Waals surface area contributed by atoms with Crippen molar-refractivity contribution >= 4 is 0 Å². The third-order valence-corrected chi connectivity index (χ3v) is 4.64. The summed E-state index contributed by atoms with van der Waals surface area (Å²) < 4.78 is 40.1. The second-order valence-corrected chi connectivity index (χ2v) is 6.29. The highest BCUT2D eigenvalue weighted by Crippen LogP contribution is 2.36. The van der Waals surface area contributed by atoms with Gasteiger partial charge in [-0.2, -0.15) is 0 Å². The van der Waals surface area contributed by atoms with Crippen LogP contribution < -0.4 is 0 Å². The first-order chi connectivity index (χ1) is 11.5. The molecule has 0 atom stereocenters. The molecule has 3 heteroatoms. The van der Waals surface area contributed by atoms with Crippen molar-refractivity contribution in [3.63, 3.8) is 0 Å². The minimum Gasteiger partial charge on any atom is -0.204 e. The average molecular weight is 324 g/mol. The molecular weight excluding hydrogens is 309 g/mol. The molecule has 1 aliphatic rings. The van der Waals surface area contributed by atoms with E-state index in [0.29, 0.717) is 11.1 Å². The van der Waals surface area contributed by atoms with Crippen molar-refractivity contribution in [2.24, 2.45) is 0 Å². The summed E-state index contributed by atoms with van der Waals surface area (Å²) in [5.74, 6) is -3.76. The second kappa shape index (κ2) is 5.52. The summed E-state index contributed by atoms with van der Waals surface area (Å²) in [6, 6.07) is 14.3. The number of hydrogen-bond acceptors (Lipinski definition) is 0. The van der Waals surface area contributed by atoms with Crippen LogP contribution in [0.5, 0.6) is 0 Å². The predicted molar refractivity (Wildman–Crippen MR) is 89.3 cm³/mol. The van der Waals surface area contributed by atoms with Gasteiger partial charge in [0.05, 0.1) is 0 Å². The summed E-state index contributed by atoms with van der Waals surface area (Å²) in [4.78, 5) is 0. The third kappa shape index (κ3) is 2.41. The van der Waals surface area contributed by atoms with Crippen LogP contribution in [0, 0.1) is 24.4 Å². The molecule has 0 aliphatic heterocycles. The normalized spacial score (nSPS) is 12.7. The maximum atomic E-state index is 13.5. The number of halogens is 3. The Morgan fingerprint density at radius 1 is 0.667 bits per heavy atom. The van der Waals surface area contributed by atoms with Gasteiger partial charge in [0.25, 0.3) is 0 Å². The molecule has 0 nitrogen and oxygen atoms in total. The summed E-state index contributed by atoms with van der Waals surface area (Å²) in [6.07, 6.45) is 1.82. The molecule has 0 fully saturated rings. The van der Waals surface area contributed by atoms with Gasteiger partial charge in [0.1, 0.15) is 0 Å². The maximum Gasteiger partial charge on any atom is 0.194 e. The summed E-state index contributed by atoms with van der Waals surface area (Å²) in [5.41, 5.74) is 7.13. The van der Waals surface area contributed by atoms with Crippen molar-refractivity contribution in [2.75, 3.05) is 0 Å². The van der Waals surface area contributed by atoms with Crippen molar-refractivity contribution in [3.05, 3.63) is 82.7 Å². The van der Waals surface area contributed by atoms with Gasteiger partial charge in [-0.25, -0.2) is 13.2 Å². The second-order valence-electron chi connectivity index (χ2n) is 6.29. The van der Waals surface area contributed by atoms with Gasteiger partial charge in [-0.1, -0.05) is 42.0 Å². The van der Waals surface area contributed by atoms with Crippen LogP contribution in [-0.4, -0.2) is 0 Å². The van der Waals surface area contributed by atoms with Gasteiger partial charge in [0, 0.05) is 0 Å². The summed E-state index contributed by atoms with van der Waals surface area (Å²) in [5, 5.41) is 0. The Balaban J connectivity index is 1.82. The van der Waals surface area contributed by atoms with Crippen LogP contribution in [0.1, 0.15) is 16.7 Å². The molecule has 0 heterocycles. The number of benzene rings is 3. The van der Waals surface area contributed by atoms with Crippen LogP contribution in [0.3, 0.4) is 0 Å². The van der Waals surface area contributed by atoms with E-state index in [-0.39, 0.29) is 0 Å². The van der Waals surface area contributed by atoms with E-state index in [0.717, 1.165) is 36.1 Å². The van der Waals surface area contributed by atoms with E-state index >= 15 is 0 Å². The largest absolute Gasteiger partial charge is 0.204 e. The lowest BCUT2D eigenvalue weighted by molar-refractivity contribution is 0.447. The monoisotopic (exact) mass is 324 g/mol. The lowest BCUT2D eigenvalue weighted by atomic mass is 9.83. The quantitative estimate of drug-likeness (QED) is 0.493. The molecule has 3 aromatic carbocycles. The Labute approximate surface area is 138 Å². The molecule has 0 N–H and O–H groups in total. The molecule has 0 bridgehead atoms. The summed E-state index contributed by atoms with van der Waals surface area (Å²) in [7, 11) is 0. The van der Waals surface area contributed by atoms with E-state index in [1.807, 2.05) is 18.2 Å². The minimum atomic E-state index is -1.43. The zero-order chi connectivity index (χ0) is 16.8. The molecule has 0 saturated heterocycles. The fourth-order valence-corrected chi connectivity index (χ4v) is 3.43.